The molecule has 2 heterocycles. The van der Waals surface area contributed by atoms with Crippen molar-refractivity contribution in [2.45, 2.75) is 38.7 Å². The minimum atomic E-state index is -0.772. The number of hydrogen-bond donors (Lipinski definition) is 1. The van der Waals surface area contributed by atoms with Crippen LogP contribution in [0.25, 0.3) is 0 Å². The van der Waals surface area contributed by atoms with E-state index < -0.39 is 5.97 Å². The van der Waals surface area contributed by atoms with E-state index in [0.29, 0.717) is 19.5 Å². The van der Waals surface area contributed by atoms with Crippen molar-refractivity contribution in [2.75, 3.05) is 19.7 Å². The first-order valence-corrected chi connectivity index (χ1v) is 6.70. The molecule has 1 amide bonds. The summed E-state index contributed by atoms with van der Waals surface area (Å²) in [6, 6.07) is 0. The Kier molecular flexibility index (Phi) is 4.22. The van der Waals surface area contributed by atoms with Crippen LogP contribution in [0.2, 0.25) is 0 Å². The molecule has 0 spiro atoms. The van der Waals surface area contributed by atoms with Gasteiger partial charge in [-0.1, -0.05) is 6.92 Å². The molecule has 102 valence electrons. The lowest BCUT2D eigenvalue weighted by Gasteiger charge is -2.41. The number of carbonyl (C=O) groups is 2. The van der Waals surface area contributed by atoms with Crippen LogP contribution < -0.4 is 0 Å². The number of rotatable bonds is 5. The zero-order chi connectivity index (χ0) is 13.1. The molecule has 18 heavy (non-hydrogen) atoms. The standard InChI is InChI=1S/C13H21NO4/c1-9(13(16)17)10-7-14(8-10)12(15)5-4-11-3-2-6-18-11/h9-11H,2-8H2,1H3,(H,16,17). The second-order valence-electron chi connectivity index (χ2n) is 5.36. The third kappa shape index (κ3) is 3.02. The molecule has 0 aromatic carbocycles. The van der Waals surface area contributed by atoms with E-state index in [9.17, 15) is 9.59 Å². The number of amides is 1. The molecule has 5 nitrogen and oxygen atoms in total. The Morgan fingerprint density at radius 2 is 2.17 bits per heavy atom. The highest BCUT2D eigenvalue weighted by atomic mass is 16.5. The summed E-state index contributed by atoms with van der Waals surface area (Å²) >= 11 is 0. The summed E-state index contributed by atoms with van der Waals surface area (Å²) in [7, 11) is 0. The van der Waals surface area contributed by atoms with Gasteiger partial charge in [0, 0.05) is 32.0 Å². The summed E-state index contributed by atoms with van der Waals surface area (Å²) in [5.41, 5.74) is 0. The lowest BCUT2D eigenvalue weighted by Crippen LogP contribution is -2.53. The molecule has 2 aliphatic heterocycles. The van der Waals surface area contributed by atoms with Gasteiger partial charge in [-0.25, -0.2) is 0 Å². The third-order valence-corrected chi connectivity index (χ3v) is 4.06. The number of ether oxygens (including phenoxy) is 1. The van der Waals surface area contributed by atoms with Gasteiger partial charge in [-0.2, -0.15) is 0 Å². The highest BCUT2D eigenvalue weighted by Gasteiger charge is 2.37. The fourth-order valence-corrected chi connectivity index (χ4v) is 2.55. The van der Waals surface area contributed by atoms with Crippen LogP contribution in [0, 0.1) is 11.8 Å². The third-order valence-electron chi connectivity index (χ3n) is 4.06. The molecular formula is C13H21NO4. The van der Waals surface area contributed by atoms with Gasteiger partial charge in [0.2, 0.25) is 5.91 Å². The zero-order valence-electron chi connectivity index (χ0n) is 10.8. The number of carboxylic acid groups (broad SMARTS) is 1. The molecule has 0 aromatic rings. The van der Waals surface area contributed by atoms with Gasteiger partial charge in [0.25, 0.3) is 0 Å². The molecule has 2 atom stereocenters. The Morgan fingerprint density at radius 3 is 2.72 bits per heavy atom. The number of hydrogen-bond acceptors (Lipinski definition) is 3. The number of nitrogens with zero attached hydrogens (tertiary/aromatic N) is 1. The molecule has 2 unspecified atom stereocenters. The minimum Gasteiger partial charge on any atom is -0.481 e. The largest absolute Gasteiger partial charge is 0.481 e. The smallest absolute Gasteiger partial charge is 0.306 e. The molecule has 5 heteroatoms. The van der Waals surface area contributed by atoms with Gasteiger partial charge >= 0.3 is 5.97 Å². The summed E-state index contributed by atoms with van der Waals surface area (Å²) in [5, 5.41) is 8.87. The first kappa shape index (κ1) is 13.3. The van der Waals surface area contributed by atoms with Crippen LogP contribution in [0.1, 0.15) is 32.6 Å². The molecule has 2 saturated heterocycles. The van der Waals surface area contributed by atoms with Gasteiger partial charge in [-0.3, -0.25) is 9.59 Å². The van der Waals surface area contributed by atoms with Gasteiger partial charge in [0.15, 0.2) is 0 Å². The molecule has 0 bridgehead atoms. The van der Waals surface area contributed by atoms with Crippen LogP contribution in [0.15, 0.2) is 0 Å². The van der Waals surface area contributed by atoms with E-state index >= 15 is 0 Å². The molecule has 0 aromatic heterocycles. The fourth-order valence-electron chi connectivity index (χ4n) is 2.55. The first-order chi connectivity index (χ1) is 8.58. The van der Waals surface area contributed by atoms with Crippen molar-refractivity contribution >= 4 is 11.9 Å². The van der Waals surface area contributed by atoms with Crippen LogP contribution >= 0.6 is 0 Å². The van der Waals surface area contributed by atoms with E-state index in [4.69, 9.17) is 9.84 Å². The van der Waals surface area contributed by atoms with Crippen molar-refractivity contribution in [1.29, 1.82) is 0 Å². The van der Waals surface area contributed by atoms with Gasteiger partial charge < -0.3 is 14.7 Å². The average Bonchev–Trinajstić information content (AvgIpc) is 2.76. The van der Waals surface area contributed by atoms with E-state index in [1.54, 1.807) is 11.8 Å². The Bertz CT molecular complexity index is 319. The minimum absolute atomic E-state index is 0.120. The van der Waals surface area contributed by atoms with Gasteiger partial charge in [-0.05, 0) is 19.3 Å². The molecule has 2 fully saturated rings. The molecule has 0 aliphatic carbocycles. The van der Waals surface area contributed by atoms with Crippen LogP contribution in [-0.2, 0) is 14.3 Å². The number of likely N-dealkylation sites (tertiary alicyclic amines) is 1. The van der Waals surface area contributed by atoms with Crippen molar-refractivity contribution in [3.63, 3.8) is 0 Å². The highest BCUT2D eigenvalue weighted by molar-refractivity contribution is 5.77. The molecule has 0 radical (unpaired) electrons. The lowest BCUT2D eigenvalue weighted by molar-refractivity contribution is -0.150. The van der Waals surface area contributed by atoms with Crippen LogP contribution in [0.4, 0.5) is 0 Å². The summed E-state index contributed by atoms with van der Waals surface area (Å²) in [4.78, 5) is 24.4. The molecule has 1 N–H and O–H groups in total. The second kappa shape index (κ2) is 5.69. The maximum atomic E-state index is 11.8. The quantitative estimate of drug-likeness (QED) is 0.799. The van der Waals surface area contributed by atoms with E-state index in [1.807, 2.05) is 0 Å². The zero-order valence-corrected chi connectivity index (χ0v) is 10.8. The maximum absolute atomic E-state index is 11.8. The predicted molar refractivity (Wildman–Crippen MR) is 65.1 cm³/mol. The van der Waals surface area contributed by atoms with E-state index in [-0.39, 0.29) is 23.8 Å². The van der Waals surface area contributed by atoms with Gasteiger partial charge in [0.1, 0.15) is 0 Å². The van der Waals surface area contributed by atoms with E-state index in [0.717, 1.165) is 25.9 Å². The first-order valence-electron chi connectivity index (χ1n) is 6.70. The lowest BCUT2D eigenvalue weighted by atomic mass is 9.87. The van der Waals surface area contributed by atoms with E-state index in [2.05, 4.69) is 0 Å². The summed E-state index contributed by atoms with van der Waals surface area (Å²) in [5.74, 6) is -0.868. The highest BCUT2D eigenvalue weighted by Crippen LogP contribution is 2.25. The Hall–Kier alpha value is -1.10. The van der Waals surface area contributed by atoms with Crippen molar-refractivity contribution in [3.05, 3.63) is 0 Å². The topological polar surface area (TPSA) is 66.8 Å². The fraction of sp³-hybridized carbons (Fsp3) is 0.846. The Balaban J connectivity index is 1.65. The maximum Gasteiger partial charge on any atom is 0.306 e. The summed E-state index contributed by atoms with van der Waals surface area (Å²) in [6.07, 6.45) is 3.74. The monoisotopic (exact) mass is 255 g/mol. The number of carboxylic acids is 1. The number of aliphatic carboxylic acids is 1. The molecule has 2 rings (SSSR count). The van der Waals surface area contributed by atoms with Crippen LogP contribution in [0.3, 0.4) is 0 Å². The predicted octanol–water partition coefficient (Wildman–Crippen LogP) is 1.12. The van der Waals surface area contributed by atoms with Crippen molar-refractivity contribution < 1.29 is 19.4 Å². The molecule has 2 aliphatic rings. The van der Waals surface area contributed by atoms with Gasteiger partial charge in [-0.15, -0.1) is 0 Å². The van der Waals surface area contributed by atoms with Crippen molar-refractivity contribution in [1.82, 2.24) is 4.90 Å². The van der Waals surface area contributed by atoms with Crippen LogP contribution in [0.5, 0.6) is 0 Å². The van der Waals surface area contributed by atoms with Crippen LogP contribution in [-0.4, -0.2) is 47.7 Å². The normalized spacial score (nSPS) is 25.8. The van der Waals surface area contributed by atoms with Crippen molar-refractivity contribution in [3.8, 4) is 0 Å². The van der Waals surface area contributed by atoms with Crippen molar-refractivity contribution in [2.24, 2.45) is 11.8 Å². The Labute approximate surface area is 107 Å². The molecular weight excluding hydrogens is 234 g/mol. The Morgan fingerprint density at radius 1 is 1.44 bits per heavy atom. The van der Waals surface area contributed by atoms with E-state index in [1.165, 1.54) is 0 Å². The summed E-state index contributed by atoms with van der Waals surface area (Å²) < 4.78 is 5.48. The second-order valence-corrected chi connectivity index (χ2v) is 5.36. The molecule has 0 saturated carbocycles. The average molecular weight is 255 g/mol. The van der Waals surface area contributed by atoms with Gasteiger partial charge in [0.05, 0.1) is 12.0 Å². The SMILES string of the molecule is CC(C(=O)O)C1CN(C(=O)CCC2CCCO2)C1. The number of carbonyl (C=O) groups excluding carboxylic acids is 1. The summed E-state index contributed by atoms with van der Waals surface area (Å²) in [6.45, 7) is 3.72.